The number of hydrogen-bond acceptors (Lipinski definition) is 2. The molecule has 0 spiro atoms. The van der Waals surface area contributed by atoms with Crippen molar-refractivity contribution in [3.63, 3.8) is 0 Å². The summed E-state index contributed by atoms with van der Waals surface area (Å²) in [6.07, 6.45) is 2.99. The molecule has 0 saturated carbocycles. The molecule has 1 aliphatic rings. The van der Waals surface area contributed by atoms with Gasteiger partial charge in [0.15, 0.2) is 0 Å². The largest absolute Gasteiger partial charge is 0.280 e. The van der Waals surface area contributed by atoms with E-state index in [1.807, 2.05) is 6.07 Å². The predicted molar refractivity (Wildman–Crippen MR) is 75.7 cm³/mol. The smallest absolute Gasteiger partial charge is 0.261 e. The summed E-state index contributed by atoms with van der Waals surface area (Å²) in [5, 5.41) is 0. The highest BCUT2D eigenvalue weighted by Gasteiger charge is 2.18. The van der Waals surface area contributed by atoms with Crippen molar-refractivity contribution >= 4 is 15.7 Å². The zero-order chi connectivity index (χ0) is 14.2. The Hall–Kier alpha value is -1.88. The second-order valence-electron chi connectivity index (χ2n) is 4.90. The summed E-state index contributed by atoms with van der Waals surface area (Å²) in [6, 6.07) is 10.6. The third kappa shape index (κ3) is 2.54. The molecule has 2 aromatic carbocycles. The highest BCUT2D eigenvalue weighted by Crippen LogP contribution is 2.25. The van der Waals surface area contributed by atoms with Crippen molar-refractivity contribution in [1.82, 2.24) is 0 Å². The first-order valence-electron chi connectivity index (χ1n) is 6.45. The van der Waals surface area contributed by atoms with Gasteiger partial charge < -0.3 is 0 Å². The number of nitrogens with one attached hydrogen (secondary N) is 1. The van der Waals surface area contributed by atoms with E-state index >= 15 is 0 Å². The van der Waals surface area contributed by atoms with Crippen LogP contribution < -0.4 is 4.72 Å². The molecular formula is C15H14FNO2S. The Kier molecular flexibility index (Phi) is 3.22. The maximum atomic E-state index is 13.1. The quantitative estimate of drug-likeness (QED) is 0.944. The van der Waals surface area contributed by atoms with Crippen LogP contribution in [0.5, 0.6) is 0 Å². The molecule has 5 heteroatoms. The number of aryl methyl sites for hydroxylation is 2. The topological polar surface area (TPSA) is 46.2 Å². The molecule has 0 radical (unpaired) electrons. The third-order valence-electron chi connectivity index (χ3n) is 3.46. The fourth-order valence-electron chi connectivity index (χ4n) is 2.48. The molecule has 104 valence electrons. The molecule has 3 rings (SSSR count). The maximum absolute atomic E-state index is 13.1. The highest BCUT2D eigenvalue weighted by atomic mass is 32.2. The van der Waals surface area contributed by atoms with Crippen molar-refractivity contribution < 1.29 is 12.8 Å². The van der Waals surface area contributed by atoms with Gasteiger partial charge in [-0.05, 0) is 60.7 Å². The lowest BCUT2D eigenvalue weighted by molar-refractivity contribution is 0.601. The van der Waals surface area contributed by atoms with Gasteiger partial charge in [-0.1, -0.05) is 12.1 Å². The molecular weight excluding hydrogens is 277 g/mol. The van der Waals surface area contributed by atoms with Gasteiger partial charge >= 0.3 is 0 Å². The summed E-state index contributed by atoms with van der Waals surface area (Å²) < 4.78 is 40.0. The Bertz CT molecular complexity index is 756. The zero-order valence-electron chi connectivity index (χ0n) is 10.8. The van der Waals surface area contributed by atoms with Crippen molar-refractivity contribution in [2.75, 3.05) is 4.72 Å². The molecule has 0 aromatic heterocycles. The molecule has 1 aliphatic carbocycles. The van der Waals surface area contributed by atoms with Crippen molar-refractivity contribution in [3.8, 4) is 0 Å². The van der Waals surface area contributed by atoms with E-state index in [-0.39, 0.29) is 10.6 Å². The normalized spacial score (nSPS) is 14.1. The molecule has 0 atom stereocenters. The van der Waals surface area contributed by atoms with Crippen molar-refractivity contribution in [3.05, 3.63) is 59.4 Å². The summed E-state index contributed by atoms with van der Waals surface area (Å²) in [7, 11) is -3.67. The van der Waals surface area contributed by atoms with Crippen LogP contribution in [-0.2, 0) is 22.9 Å². The van der Waals surface area contributed by atoms with Gasteiger partial charge in [-0.3, -0.25) is 4.72 Å². The van der Waals surface area contributed by atoms with E-state index in [1.54, 1.807) is 12.1 Å². The van der Waals surface area contributed by atoms with Crippen LogP contribution in [0, 0.1) is 5.82 Å². The fourth-order valence-corrected chi connectivity index (χ4v) is 3.58. The van der Waals surface area contributed by atoms with Gasteiger partial charge in [0.1, 0.15) is 5.82 Å². The zero-order valence-corrected chi connectivity index (χ0v) is 11.6. The van der Waals surface area contributed by atoms with Gasteiger partial charge in [-0.25, -0.2) is 12.8 Å². The minimum absolute atomic E-state index is 0.224. The Morgan fingerprint density at radius 2 is 1.80 bits per heavy atom. The predicted octanol–water partition coefficient (Wildman–Crippen LogP) is 3.12. The first-order valence-corrected chi connectivity index (χ1v) is 7.93. The molecule has 0 amide bonds. The van der Waals surface area contributed by atoms with Crippen LogP contribution in [0.2, 0.25) is 0 Å². The van der Waals surface area contributed by atoms with Crippen LogP contribution in [0.1, 0.15) is 17.5 Å². The van der Waals surface area contributed by atoms with Gasteiger partial charge in [0.05, 0.1) is 10.6 Å². The lowest BCUT2D eigenvalue weighted by Gasteiger charge is -2.09. The fraction of sp³-hybridized carbons (Fsp3) is 0.200. The van der Waals surface area contributed by atoms with Crippen LogP contribution in [0.4, 0.5) is 10.1 Å². The molecule has 2 aromatic rings. The van der Waals surface area contributed by atoms with E-state index in [1.165, 1.54) is 23.8 Å². The number of anilines is 1. The number of halogens is 1. The van der Waals surface area contributed by atoms with Gasteiger partial charge in [0.2, 0.25) is 0 Å². The van der Waals surface area contributed by atoms with Gasteiger partial charge in [-0.2, -0.15) is 0 Å². The van der Waals surface area contributed by atoms with E-state index in [0.29, 0.717) is 0 Å². The summed E-state index contributed by atoms with van der Waals surface area (Å²) in [5.74, 6) is -0.473. The monoisotopic (exact) mass is 291 g/mol. The molecule has 3 nitrogen and oxygen atoms in total. The highest BCUT2D eigenvalue weighted by molar-refractivity contribution is 7.92. The summed E-state index contributed by atoms with van der Waals surface area (Å²) >= 11 is 0. The van der Waals surface area contributed by atoms with Crippen molar-refractivity contribution in [2.24, 2.45) is 0 Å². The Labute approximate surface area is 117 Å². The first kappa shape index (κ1) is 13.1. The Morgan fingerprint density at radius 1 is 1.00 bits per heavy atom. The molecule has 0 saturated heterocycles. The Balaban J connectivity index is 1.92. The number of fused-ring (bicyclic) bond motifs is 1. The SMILES string of the molecule is O=S(=O)(Nc1cccc(F)c1)c1ccc2c(c1)CCC2. The maximum Gasteiger partial charge on any atom is 0.261 e. The molecule has 0 bridgehead atoms. The van der Waals surface area contributed by atoms with E-state index in [9.17, 15) is 12.8 Å². The van der Waals surface area contributed by atoms with Crippen molar-refractivity contribution in [1.29, 1.82) is 0 Å². The third-order valence-corrected chi connectivity index (χ3v) is 4.84. The number of benzene rings is 2. The van der Waals surface area contributed by atoms with Gasteiger partial charge in [0, 0.05) is 0 Å². The molecule has 0 fully saturated rings. The van der Waals surface area contributed by atoms with E-state index in [2.05, 4.69) is 4.72 Å². The minimum atomic E-state index is -3.67. The average Bonchev–Trinajstić information content (AvgIpc) is 2.85. The molecule has 0 aliphatic heterocycles. The Morgan fingerprint density at radius 3 is 2.60 bits per heavy atom. The van der Waals surface area contributed by atoms with E-state index in [4.69, 9.17) is 0 Å². The standard InChI is InChI=1S/C15H14FNO2S/c16-13-5-2-6-14(10-13)17-20(18,19)15-8-7-11-3-1-4-12(11)9-15/h2,5-10,17H,1,3-4H2. The van der Waals surface area contributed by atoms with Crippen LogP contribution >= 0.6 is 0 Å². The van der Waals surface area contributed by atoms with E-state index < -0.39 is 15.8 Å². The number of hydrogen-bond donors (Lipinski definition) is 1. The second-order valence-corrected chi connectivity index (χ2v) is 6.58. The minimum Gasteiger partial charge on any atom is -0.280 e. The molecule has 0 heterocycles. The average molecular weight is 291 g/mol. The first-order chi connectivity index (χ1) is 9.54. The molecule has 1 N–H and O–H groups in total. The lowest BCUT2D eigenvalue weighted by atomic mass is 10.1. The molecule has 0 unspecified atom stereocenters. The van der Waals surface area contributed by atoms with Crippen LogP contribution in [0.25, 0.3) is 0 Å². The van der Waals surface area contributed by atoms with Crippen LogP contribution in [-0.4, -0.2) is 8.42 Å². The van der Waals surface area contributed by atoms with Crippen LogP contribution in [0.15, 0.2) is 47.4 Å². The second kappa shape index (κ2) is 4.90. The van der Waals surface area contributed by atoms with Gasteiger partial charge in [-0.15, -0.1) is 0 Å². The van der Waals surface area contributed by atoms with Crippen LogP contribution in [0.3, 0.4) is 0 Å². The number of sulfonamides is 1. The summed E-state index contributed by atoms with van der Waals surface area (Å²) in [5.41, 5.74) is 2.53. The molecule has 20 heavy (non-hydrogen) atoms. The number of rotatable bonds is 3. The van der Waals surface area contributed by atoms with Gasteiger partial charge in [0.25, 0.3) is 10.0 Å². The van der Waals surface area contributed by atoms with E-state index in [0.717, 1.165) is 30.9 Å². The summed E-state index contributed by atoms with van der Waals surface area (Å²) in [4.78, 5) is 0.224. The summed E-state index contributed by atoms with van der Waals surface area (Å²) in [6.45, 7) is 0. The lowest BCUT2D eigenvalue weighted by Crippen LogP contribution is -2.13. The van der Waals surface area contributed by atoms with Crippen molar-refractivity contribution in [2.45, 2.75) is 24.2 Å².